The summed E-state index contributed by atoms with van der Waals surface area (Å²) < 4.78 is 0. The fourth-order valence-electron chi connectivity index (χ4n) is 5.37. The molecule has 4 heteroatoms. The van der Waals surface area contributed by atoms with Crippen molar-refractivity contribution < 1.29 is 4.79 Å². The maximum Gasteiger partial charge on any atom is 0.206 e. The molecule has 1 N–H and O–H groups in total. The zero-order valence-corrected chi connectivity index (χ0v) is 21.6. The van der Waals surface area contributed by atoms with Gasteiger partial charge in [-0.1, -0.05) is 74.7 Å². The summed E-state index contributed by atoms with van der Waals surface area (Å²) in [5, 5.41) is 9.19. The molecule has 0 amide bonds. The van der Waals surface area contributed by atoms with Gasteiger partial charge in [-0.3, -0.25) is 4.79 Å². The van der Waals surface area contributed by atoms with Crippen LogP contribution in [0.15, 0.2) is 71.6 Å². The lowest BCUT2D eigenvalue weighted by Gasteiger charge is -2.32. The van der Waals surface area contributed by atoms with Crippen LogP contribution in [0, 0.1) is 5.41 Å². The summed E-state index contributed by atoms with van der Waals surface area (Å²) in [4.78, 5) is 14.4. The normalized spacial score (nSPS) is 13.4. The molecule has 3 aromatic carbocycles. The molecule has 0 aliphatic heterocycles. The van der Waals surface area contributed by atoms with Gasteiger partial charge in [0.05, 0.1) is 5.71 Å². The molecule has 1 aliphatic rings. The molecule has 0 radical (unpaired) electrons. The first-order valence-corrected chi connectivity index (χ1v) is 13.6. The molecule has 0 saturated carbocycles. The van der Waals surface area contributed by atoms with Crippen LogP contribution < -0.4 is 0 Å². The molecule has 4 rings (SSSR count). The first kappa shape index (κ1) is 24.8. The molecular weight excluding hydrogens is 458 g/mol. The largest absolute Gasteiger partial charge is 0.301 e. The average Bonchev–Trinajstić information content (AvgIpc) is 3.12. The molecule has 0 spiro atoms. The van der Waals surface area contributed by atoms with E-state index in [1.807, 2.05) is 30.3 Å². The molecule has 0 saturated heterocycles. The Bertz CT molecular complexity index is 1180. The minimum absolute atomic E-state index is 0.0386. The second-order valence-corrected chi connectivity index (χ2v) is 10.7. The van der Waals surface area contributed by atoms with E-state index in [0.29, 0.717) is 12.0 Å². The van der Waals surface area contributed by atoms with Crippen LogP contribution in [0.25, 0.3) is 11.1 Å². The third-order valence-electron chi connectivity index (χ3n) is 6.81. The summed E-state index contributed by atoms with van der Waals surface area (Å²) in [5.74, 6) is 0.726. The quantitative estimate of drug-likeness (QED) is 0.126. The van der Waals surface area contributed by atoms with E-state index in [2.05, 4.69) is 50.2 Å². The first-order chi connectivity index (χ1) is 16.5. The van der Waals surface area contributed by atoms with Gasteiger partial charge in [0.1, 0.15) is 0 Å². The number of carbonyl (C=O) groups excluding carboxylic acids is 1. The molecule has 0 heterocycles. The van der Waals surface area contributed by atoms with Crippen molar-refractivity contribution in [1.29, 1.82) is 5.41 Å². The fourth-order valence-corrected chi connectivity index (χ4v) is 6.35. The lowest BCUT2D eigenvalue weighted by Crippen LogP contribution is -2.25. The van der Waals surface area contributed by atoms with Crippen LogP contribution in [0.2, 0.25) is 5.02 Å². The lowest BCUT2D eigenvalue weighted by molar-refractivity contribution is 0.106. The van der Waals surface area contributed by atoms with Crippen LogP contribution in [-0.2, 0) is 5.41 Å². The van der Waals surface area contributed by atoms with E-state index in [4.69, 9.17) is 17.0 Å². The van der Waals surface area contributed by atoms with E-state index in [-0.39, 0.29) is 16.9 Å². The van der Waals surface area contributed by atoms with Crippen LogP contribution in [0.1, 0.15) is 73.9 Å². The van der Waals surface area contributed by atoms with Crippen molar-refractivity contribution in [3.63, 3.8) is 0 Å². The third-order valence-corrected chi connectivity index (χ3v) is 8.16. The van der Waals surface area contributed by atoms with Crippen molar-refractivity contribution in [3.8, 4) is 11.1 Å². The molecule has 0 atom stereocenters. The van der Waals surface area contributed by atoms with Gasteiger partial charge in [0, 0.05) is 20.9 Å². The van der Waals surface area contributed by atoms with Gasteiger partial charge in [0.25, 0.3) is 0 Å². The topological polar surface area (TPSA) is 40.9 Å². The van der Waals surface area contributed by atoms with Gasteiger partial charge >= 0.3 is 0 Å². The second kappa shape index (κ2) is 10.9. The van der Waals surface area contributed by atoms with Gasteiger partial charge in [-0.25, -0.2) is 0 Å². The van der Waals surface area contributed by atoms with Gasteiger partial charge in [0.2, 0.25) is 5.78 Å². The highest BCUT2D eigenvalue weighted by Gasteiger charge is 2.41. The van der Waals surface area contributed by atoms with Gasteiger partial charge in [-0.15, -0.1) is 11.8 Å². The highest BCUT2D eigenvalue weighted by molar-refractivity contribution is 7.99. The van der Waals surface area contributed by atoms with E-state index in [9.17, 15) is 4.79 Å². The maximum absolute atomic E-state index is 13.2. The third kappa shape index (κ3) is 4.87. The van der Waals surface area contributed by atoms with Crippen LogP contribution in [0.3, 0.4) is 0 Å². The number of fused-ring (bicyclic) bond motifs is 3. The maximum atomic E-state index is 13.2. The zero-order valence-electron chi connectivity index (χ0n) is 20.0. The van der Waals surface area contributed by atoms with E-state index >= 15 is 0 Å². The molecule has 2 nitrogen and oxygen atoms in total. The highest BCUT2D eigenvalue weighted by Crippen LogP contribution is 2.53. The Labute approximate surface area is 212 Å². The summed E-state index contributed by atoms with van der Waals surface area (Å²) in [7, 11) is 0. The molecule has 1 aliphatic carbocycles. The summed E-state index contributed by atoms with van der Waals surface area (Å²) in [6.07, 6.45) is 5.61. The molecule has 3 aromatic rings. The minimum Gasteiger partial charge on any atom is -0.301 e. The molecule has 0 aromatic heterocycles. The second-order valence-electron chi connectivity index (χ2n) is 9.10. The first-order valence-electron chi connectivity index (χ1n) is 12.2. The minimum atomic E-state index is -0.142. The lowest BCUT2D eigenvalue weighted by atomic mass is 9.71. The number of halogens is 1. The Hall–Kier alpha value is -2.36. The SMILES string of the molecule is CCCC1(CCC)c2ccccc2-c2ccc(C(=O)C(=N)CCCSc3ccc(Cl)cc3)cc21. The average molecular weight is 490 g/mol. The summed E-state index contributed by atoms with van der Waals surface area (Å²) >= 11 is 7.68. The molecule has 0 unspecified atom stereocenters. The van der Waals surface area contributed by atoms with Crippen LogP contribution in [0.5, 0.6) is 0 Å². The van der Waals surface area contributed by atoms with E-state index < -0.39 is 0 Å². The number of carbonyl (C=O) groups is 1. The smallest absolute Gasteiger partial charge is 0.206 e. The van der Waals surface area contributed by atoms with Crippen molar-refractivity contribution in [1.82, 2.24) is 0 Å². The van der Waals surface area contributed by atoms with E-state index in [1.165, 1.54) is 22.3 Å². The number of thioether (sulfide) groups is 1. The summed E-state index contributed by atoms with van der Waals surface area (Å²) in [6, 6.07) is 22.6. The number of benzene rings is 3. The molecule has 176 valence electrons. The Morgan fingerprint density at radius 3 is 2.29 bits per heavy atom. The Kier molecular flexibility index (Phi) is 7.95. The summed E-state index contributed by atoms with van der Waals surface area (Å²) in [5.41, 5.74) is 6.03. The van der Waals surface area contributed by atoms with Gasteiger partial charge in [0.15, 0.2) is 0 Å². The number of Topliss-reactive ketones (excluding diaryl/α,β-unsaturated/α-hetero) is 1. The van der Waals surface area contributed by atoms with Gasteiger partial charge in [-0.05, 0) is 84.0 Å². The Balaban J connectivity index is 1.50. The number of hydrogen-bond donors (Lipinski definition) is 1. The van der Waals surface area contributed by atoms with Crippen LogP contribution in [-0.4, -0.2) is 17.2 Å². The van der Waals surface area contributed by atoms with E-state index in [0.717, 1.165) is 47.8 Å². The van der Waals surface area contributed by atoms with Crippen LogP contribution >= 0.6 is 23.4 Å². The fraction of sp³-hybridized carbons (Fsp3) is 0.333. The standard InChI is InChI=1S/C30H32ClNOS/c1-3-17-30(18-4-2)26-9-6-5-8-24(26)25-16-11-21(20-27(25)30)29(33)28(32)10-7-19-34-23-14-12-22(31)13-15-23/h5-6,8-9,11-16,20,32H,3-4,7,10,17-19H2,1-2H3. The Morgan fingerprint density at radius 1 is 0.912 bits per heavy atom. The number of hydrogen-bond acceptors (Lipinski definition) is 3. The number of rotatable bonds is 11. The zero-order chi connectivity index (χ0) is 24.1. The van der Waals surface area contributed by atoms with Gasteiger partial charge in [-0.2, -0.15) is 0 Å². The monoisotopic (exact) mass is 489 g/mol. The van der Waals surface area contributed by atoms with Gasteiger partial charge < -0.3 is 5.41 Å². The van der Waals surface area contributed by atoms with Crippen molar-refractivity contribution in [2.75, 3.05) is 5.75 Å². The molecule has 34 heavy (non-hydrogen) atoms. The van der Waals surface area contributed by atoms with Crippen molar-refractivity contribution in [2.24, 2.45) is 0 Å². The van der Waals surface area contributed by atoms with E-state index in [1.54, 1.807) is 11.8 Å². The highest BCUT2D eigenvalue weighted by atomic mass is 35.5. The predicted octanol–water partition coefficient (Wildman–Crippen LogP) is 8.98. The number of nitrogens with one attached hydrogen (secondary N) is 1. The van der Waals surface area contributed by atoms with Crippen molar-refractivity contribution in [3.05, 3.63) is 88.4 Å². The number of ketones is 1. The Morgan fingerprint density at radius 2 is 1.59 bits per heavy atom. The molecule has 0 bridgehead atoms. The van der Waals surface area contributed by atoms with Crippen LogP contribution in [0.4, 0.5) is 0 Å². The summed E-state index contributed by atoms with van der Waals surface area (Å²) in [6.45, 7) is 4.48. The molecule has 0 fully saturated rings. The van der Waals surface area contributed by atoms with Crippen molar-refractivity contribution >= 4 is 34.9 Å². The predicted molar refractivity (Wildman–Crippen MR) is 146 cm³/mol. The molecular formula is C30H32ClNOS. The van der Waals surface area contributed by atoms with Crippen molar-refractivity contribution in [2.45, 2.75) is 62.7 Å².